The Kier molecular flexibility index (Phi) is 6.54. The van der Waals surface area contributed by atoms with E-state index in [1.165, 1.54) is 0 Å². The Morgan fingerprint density at radius 2 is 1.84 bits per heavy atom. The molecular formula is C22H26F2N2O4S. The number of ether oxygens (including phenoxy) is 1. The number of anilines is 1. The molecule has 2 aromatic carbocycles. The number of rotatable bonds is 7. The number of sulfonamides is 1. The minimum absolute atomic E-state index is 0.125. The zero-order valence-electron chi connectivity index (χ0n) is 17.7. The Balaban J connectivity index is 1.86. The van der Waals surface area contributed by atoms with Crippen molar-refractivity contribution in [2.75, 3.05) is 17.1 Å². The Bertz CT molecular complexity index is 1070. The number of nitrogens with one attached hydrogen (secondary N) is 1. The lowest BCUT2D eigenvalue weighted by Gasteiger charge is -2.41. The maximum Gasteiger partial charge on any atom is 0.241 e. The van der Waals surface area contributed by atoms with E-state index in [9.17, 15) is 22.0 Å². The van der Waals surface area contributed by atoms with E-state index in [1.54, 1.807) is 0 Å². The van der Waals surface area contributed by atoms with Crippen molar-refractivity contribution < 1.29 is 26.7 Å². The molecule has 31 heavy (non-hydrogen) atoms. The van der Waals surface area contributed by atoms with E-state index in [-0.39, 0.29) is 11.7 Å². The Labute approximate surface area is 181 Å². The molecule has 1 amide bonds. The predicted molar refractivity (Wildman–Crippen MR) is 114 cm³/mol. The van der Waals surface area contributed by atoms with Gasteiger partial charge in [-0.05, 0) is 31.0 Å². The second-order valence-electron chi connectivity index (χ2n) is 7.72. The SMILES string of the molecule is CCC1(CC)CC(NC(=O)CN(c2ccc(F)c(F)c2)S(C)(=O)=O)c2ccccc2O1. The van der Waals surface area contributed by atoms with Crippen molar-refractivity contribution in [3.8, 4) is 5.75 Å². The zero-order chi connectivity index (χ0) is 22.8. The normalized spacial score (nSPS) is 17.4. The fourth-order valence-corrected chi connectivity index (χ4v) is 4.69. The number of amides is 1. The molecule has 168 valence electrons. The summed E-state index contributed by atoms with van der Waals surface area (Å²) in [5.74, 6) is -2.17. The molecule has 3 rings (SSSR count). The first-order valence-electron chi connectivity index (χ1n) is 10.1. The van der Waals surface area contributed by atoms with Gasteiger partial charge in [-0.3, -0.25) is 9.10 Å². The summed E-state index contributed by atoms with van der Waals surface area (Å²) in [6.45, 7) is 3.48. The van der Waals surface area contributed by atoms with Gasteiger partial charge in [-0.15, -0.1) is 0 Å². The monoisotopic (exact) mass is 452 g/mol. The van der Waals surface area contributed by atoms with E-state index in [0.717, 1.165) is 47.2 Å². The highest BCUT2D eigenvalue weighted by molar-refractivity contribution is 7.92. The maximum absolute atomic E-state index is 13.7. The summed E-state index contributed by atoms with van der Waals surface area (Å²) in [7, 11) is -3.92. The molecule has 0 saturated heterocycles. The minimum atomic E-state index is -3.92. The van der Waals surface area contributed by atoms with E-state index in [4.69, 9.17) is 4.74 Å². The number of benzene rings is 2. The predicted octanol–water partition coefficient (Wildman–Crippen LogP) is 3.93. The number of halogens is 2. The van der Waals surface area contributed by atoms with Crippen molar-refractivity contribution in [3.05, 3.63) is 59.7 Å². The van der Waals surface area contributed by atoms with Crippen LogP contribution in [0.3, 0.4) is 0 Å². The van der Waals surface area contributed by atoms with Gasteiger partial charge in [0.1, 0.15) is 17.9 Å². The molecule has 1 unspecified atom stereocenters. The average Bonchev–Trinajstić information content (AvgIpc) is 2.73. The van der Waals surface area contributed by atoms with E-state index < -0.39 is 39.7 Å². The van der Waals surface area contributed by atoms with Gasteiger partial charge in [0.05, 0.1) is 18.0 Å². The van der Waals surface area contributed by atoms with E-state index in [0.29, 0.717) is 12.2 Å². The third kappa shape index (κ3) is 4.98. The van der Waals surface area contributed by atoms with E-state index in [1.807, 2.05) is 38.1 Å². The molecule has 0 saturated carbocycles. The molecule has 1 aliphatic rings. The molecule has 1 aliphatic heterocycles. The summed E-state index contributed by atoms with van der Waals surface area (Å²) < 4.78 is 58.4. The summed E-state index contributed by atoms with van der Waals surface area (Å²) >= 11 is 0. The van der Waals surface area contributed by atoms with Crippen molar-refractivity contribution >= 4 is 21.6 Å². The lowest BCUT2D eigenvalue weighted by atomic mass is 9.83. The molecule has 0 aliphatic carbocycles. The third-order valence-corrected chi connectivity index (χ3v) is 6.84. The molecule has 0 spiro atoms. The first kappa shape index (κ1) is 23.0. The summed E-state index contributed by atoms with van der Waals surface area (Å²) in [5, 5.41) is 2.90. The van der Waals surface area contributed by atoms with Gasteiger partial charge in [-0.2, -0.15) is 0 Å². The van der Waals surface area contributed by atoms with Gasteiger partial charge in [0, 0.05) is 18.1 Å². The molecule has 1 atom stereocenters. The Morgan fingerprint density at radius 1 is 1.16 bits per heavy atom. The van der Waals surface area contributed by atoms with Crippen LogP contribution in [0.1, 0.15) is 44.7 Å². The molecule has 0 bridgehead atoms. The van der Waals surface area contributed by atoms with Crippen molar-refractivity contribution in [2.24, 2.45) is 0 Å². The smallest absolute Gasteiger partial charge is 0.241 e. The van der Waals surface area contributed by atoms with Gasteiger partial charge >= 0.3 is 0 Å². The van der Waals surface area contributed by atoms with Gasteiger partial charge < -0.3 is 10.1 Å². The first-order valence-corrected chi connectivity index (χ1v) is 11.9. The van der Waals surface area contributed by atoms with Crippen LogP contribution in [0.5, 0.6) is 5.75 Å². The highest BCUT2D eigenvalue weighted by Crippen LogP contribution is 2.42. The molecular weight excluding hydrogens is 426 g/mol. The zero-order valence-corrected chi connectivity index (χ0v) is 18.5. The molecule has 0 radical (unpaired) electrons. The minimum Gasteiger partial charge on any atom is -0.487 e. The lowest BCUT2D eigenvalue weighted by Crippen LogP contribution is -2.47. The Morgan fingerprint density at radius 3 is 2.45 bits per heavy atom. The molecule has 1 heterocycles. The second kappa shape index (κ2) is 8.82. The quantitative estimate of drug-likeness (QED) is 0.691. The third-order valence-electron chi connectivity index (χ3n) is 5.70. The summed E-state index contributed by atoms with van der Waals surface area (Å²) in [6.07, 6.45) is 2.93. The van der Waals surface area contributed by atoms with Gasteiger partial charge in [-0.25, -0.2) is 17.2 Å². The standard InChI is InChI=1S/C22H26F2N2O4S/c1-4-22(5-2)13-19(16-8-6-7-9-20(16)30-22)25-21(27)14-26(31(3,28)29)15-10-11-17(23)18(24)12-15/h6-12,19H,4-5,13-14H2,1-3H3,(H,25,27). The number of fused-ring (bicyclic) bond motifs is 1. The molecule has 0 aromatic heterocycles. The van der Waals surface area contributed by atoms with Crippen molar-refractivity contribution in [2.45, 2.75) is 44.8 Å². The van der Waals surface area contributed by atoms with Crippen molar-refractivity contribution in [1.29, 1.82) is 0 Å². The number of hydrogen-bond acceptors (Lipinski definition) is 4. The highest BCUT2D eigenvalue weighted by atomic mass is 32.2. The highest BCUT2D eigenvalue weighted by Gasteiger charge is 2.39. The number of para-hydroxylation sites is 1. The van der Waals surface area contributed by atoms with E-state index >= 15 is 0 Å². The van der Waals surface area contributed by atoms with Crippen LogP contribution in [0.4, 0.5) is 14.5 Å². The largest absolute Gasteiger partial charge is 0.487 e. The second-order valence-corrected chi connectivity index (χ2v) is 9.63. The van der Waals surface area contributed by atoms with Crippen LogP contribution in [0.2, 0.25) is 0 Å². The summed E-state index contributed by atoms with van der Waals surface area (Å²) in [5.41, 5.74) is 0.246. The molecule has 9 heteroatoms. The number of carbonyl (C=O) groups excluding carboxylic acids is 1. The molecule has 6 nitrogen and oxygen atoms in total. The van der Waals surface area contributed by atoms with Crippen LogP contribution >= 0.6 is 0 Å². The molecule has 0 fully saturated rings. The molecule has 1 N–H and O–H groups in total. The van der Waals surface area contributed by atoms with Crippen LogP contribution in [0, 0.1) is 11.6 Å². The summed E-state index contributed by atoms with van der Waals surface area (Å²) in [6, 6.07) is 9.74. The van der Waals surface area contributed by atoms with Crippen molar-refractivity contribution in [1.82, 2.24) is 5.32 Å². The number of hydrogen-bond donors (Lipinski definition) is 1. The van der Waals surface area contributed by atoms with Gasteiger partial charge in [0.15, 0.2) is 11.6 Å². The van der Waals surface area contributed by atoms with Gasteiger partial charge in [0.2, 0.25) is 15.9 Å². The Hall–Kier alpha value is -2.68. The average molecular weight is 453 g/mol. The van der Waals surface area contributed by atoms with Crippen LogP contribution < -0.4 is 14.4 Å². The van der Waals surface area contributed by atoms with Crippen LogP contribution in [0.25, 0.3) is 0 Å². The fourth-order valence-electron chi connectivity index (χ4n) is 3.84. The topological polar surface area (TPSA) is 75.7 Å². The summed E-state index contributed by atoms with van der Waals surface area (Å²) in [4.78, 5) is 12.9. The fraction of sp³-hybridized carbons (Fsp3) is 0.409. The van der Waals surface area contributed by atoms with Crippen LogP contribution in [0.15, 0.2) is 42.5 Å². The van der Waals surface area contributed by atoms with Gasteiger partial charge in [-0.1, -0.05) is 32.0 Å². The molecule has 2 aromatic rings. The maximum atomic E-state index is 13.7. The lowest BCUT2D eigenvalue weighted by molar-refractivity contribution is -0.121. The number of nitrogens with zero attached hydrogens (tertiary/aromatic N) is 1. The van der Waals surface area contributed by atoms with Crippen LogP contribution in [-0.4, -0.2) is 32.7 Å². The van der Waals surface area contributed by atoms with Gasteiger partial charge in [0.25, 0.3) is 0 Å². The number of carbonyl (C=O) groups is 1. The first-order chi connectivity index (χ1) is 14.6. The van der Waals surface area contributed by atoms with Crippen molar-refractivity contribution in [3.63, 3.8) is 0 Å². The van der Waals surface area contributed by atoms with Crippen LogP contribution in [-0.2, 0) is 14.8 Å². The van der Waals surface area contributed by atoms with E-state index in [2.05, 4.69) is 5.32 Å².